The second kappa shape index (κ2) is 5.54. The second-order valence-corrected chi connectivity index (χ2v) is 5.34. The molecule has 1 aliphatic rings. The maximum Gasteiger partial charge on any atom is 0.0833 e. The predicted octanol–water partition coefficient (Wildman–Crippen LogP) is 3.63. The van der Waals surface area contributed by atoms with E-state index in [2.05, 4.69) is 23.2 Å². The van der Waals surface area contributed by atoms with Gasteiger partial charge in [0.05, 0.1) is 6.10 Å². The van der Waals surface area contributed by atoms with Gasteiger partial charge in [-0.1, -0.05) is 36.8 Å². The van der Waals surface area contributed by atoms with Crippen LogP contribution >= 0.6 is 0 Å². The third kappa shape index (κ3) is 2.69. The quantitative estimate of drug-likeness (QED) is 0.902. The fourth-order valence-corrected chi connectivity index (χ4v) is 2.76. The minimum Gasteiger partial charge on any atom is -0.388 e. The van der Waals surface area contributed by atoms with Crippen LogP contribution in [0.5, 0.6) is 0 Å². The topological polar surface area (TPSA) is 33.1 Å². The highest BCUT2D eigenvalue weighted by Gasteiger charge is 2.24. The summed E-state index contributed by atoms with van der Waals surface area (Å²) in [6, 6.07) is 12.3. The SMILES string of the molecule is OC(Cc1cccnc1)c1ccccc1C1CCC1. The molecule has 19 heavy (non-hydrogen) atoms. The molecular formula is C17H19NO. The minimum absolute atomic E-state index is 0.430. The molecule has 1 saturated carbocycles. The summed E-state index contributed by atoms with van der Waals surface area (Å²) in [4.78, 5) is 4.11. The van der Waals surface area contributed by atoms with E-state index >= 15 is 0 Å². The van der Waals surface area contributed by atoms with Gasteiger partial charge in [-0.25, -0.2) is 0 Å². The Morgan fingerprint density at radius 1 is 1.16 bits per heavy atom. The normalized spacial score (nSPS) is 16.9. The predicted molar refractivity (Wildman–Crippen MR) is 75.9 cm³/mol. The molecule has 98 valence electrons. The van der Waals surface area contributed by atoms with Crippen LogP contribution < -0.4 is 0 Å². The van der Waals surface area contributed by atoms with E-state index in [0.717, 1.165) is 11.1 Å². The van der Waals surface area contributed by atoms with Gasteiger partial charge >= 0.3 is 0 Å². The molecule has 2 aromatic rings. The highest BCUT2D eigenvalue weighted by atomic mass is 16.3. The zero-order valence-corrected chi connectivity index (χ0v) is 11.0. The van der Waals surface area contributed by atoms with Crippen molar-refractivity contribution in [2.45, 2.75) is 37.7 Å². The number of hydrogen-bond donors (Lipinski definition) is 1. The molecule has 0 saturated heterocycles. The summed E-state index contributed by atoms with van der Waals surface area (Å²) in [5.41, 5.74) is 3.51. The van der Waals surface area contributed by atoms with Crippen LogP contribution in [0.25, 0.3) is 0 Å². The van der Waals surface area contributed by atoms with Gasteiger partial charge in [-0.3, -0.25) is 4.98 Å². The Morgan fingerprint density at radius 3 is 2.68 bits per heavy atom. The molecule has 0 bridgehead atoms. The number of hydrogen-bond acceptors (Lipinski definition) is 2. The maximum absolute atomic E-state index is 10.5. The van der Waals surface area contributed by atoms with Crippen LogP contribution in [0.3, 0.4) is 0 Å². The average molecular weight is 253 g/mol. The first-order valence-electron chi connectivity index (χ1n) is 7.00. The van der Waals surface area contributed by atoms with Crippen molar-refractivity contribution >= 4 is 0 Å². The molecule has 0 amide bonds. The van der Waals surface area contributed by atoms with Crippen LogP contribution in [0, 0.1) is 0 Å². The number of benzene rings is 1. The van der Waals surface area contributed by atoms with Gasteiger partial charge in [0.15, 0.2) is 0 Å². The molecule has 1 fully saturated rings. The Morgan fingerprint density at radius 2 is 2.00 bits per heavy atom. The zero-order valence-electron chi connectivity index (χ0n) is 11.0. The Labute approximate surface area is 114 Å². The van der Waals surface area contributed by atoms with E-state index in [0.29, 0.717) is 12.3 Å². The summed E-state index contributed by atoms with van der Waals surface area (Å²) in [6.07, 6.45) is 7.64. The number of rotatable bonds is 4. The lowest BCUT2D eigenvalue weighted by molar-refractivity contribution is 0.175. The van der Waals surface area contributed by atoms with E-state index in [1.165, 1.54) is 24.8 Å². The molecule has 1 unspecified atom stereocenters. The van der Waals surface area contributed by atoms with Crippen molar-refractivity contribution in [3.63, 3.8) is 0 Å². The zero-order chi connectivity index (χ0) is 13.1. The minimum atomic E-state index is -0.430. The Bertz CT molecular complexity index is 534. The number of aromatic nitrogens is 1. The first-order chi connectivity index (χ1) is 9.34. The van der Waals surface area contributed by atoms with Gasteiger partial charge in [0.25, 0.3) is 0 Å². The number of aliphatic hydroxyl groups is 1. The molecule has 1 aliphatic carbocycles. The number of nitrogens with zero attached hydrogens (tertiary/aromatic N) is 1. The monoisotopic (exact) mass is 253 g/mol. The molecule has 1 heterocycles. The van der Waals surface area contributed by atoms with Crippen molar-refractivity contribution in [1.82, 2.24) is 4.98 Å². The summed E-state index contributed by atoms with van der Waals surface area (Å²) in [5.74, 6) is 0.653. The van der Waals surface area contributed by atoms with E-state index in [4.69, 9.17) is 0 Å². The summed E-state index contributed by atoms with van der Waals surface area (Å²) >= 11 is 0. The van der Waals surface area contributed by atoms with E-state index < -0.39 is 6.10 Å². The van der Waals surface area contributed by atoms with Gasteiger partial charge < -0.3 is 5.11 Å². The van der Waals surface area contributed by atoms with Gasteiger partial charge in [-0.2, -0.15) is 0 Å². The van der Waals surface area contributed by atoms with Gasteiger partial charge in [-0.15, -0.1) is 0 Å². The molecule has 1 aromatic carbocycles. The number of pyridine rings is 1. The standard InChI is InChI=1S/C17H19NO/c19-17(11-13-5-4-10-18-12-13)16-9-2-1-8-15(16)14-6-3-7-14/h1-2,4-5,8-10,12,14,17,19H,3,6-7,11H2. The largest absolute Gasteiger partial charge is 0.388 e. The van der Waals surface area contributed by atoms with Crippen molar-refractivity contribution in [3.05, 3.63) is 65.5 Å². The van der Waals surface area contributed by atoms with Crippen LogP contribution in [-0.2, 0) is 6.42 Å². The van der Waals surface area contributed by atoms with Gasteiger partial charge in [-0.05, 0) is 41.5 Å². The smallest absolute Gasteiger partial charge is 0.0833 e. The highest BCUT2D eigenvalue weighted by molar-refractivity contribution is 5.34. The lowest BCUT2D eigenvalue weighted by Crippen LogP contribution is -2.14. The fourth-order valence-electron chi connectivity index (χ4n) is 2.76. The molecule has 2 nitrogen and oxygen atoms in total. The Kier molecular flexibility index (Phi) is 3.60. The van der Waals surface area contributed by atoms with E-state index in [9.17, 15) is 5.11 Å². The first kappa shape index (κ1) is 12.4. The van der Waals surface area contributed by atoms with Crippen LogP contribution in [0.2, 0.25) is 0 Å². The van der Waals surface area contributed by atoms with Crippen LogP contribution in [-0.4, -0.2) is 10.1 Å². The van der Waals surface area contributed by atoms with Crippen molar-refractivity contribution in [3.8, 4) is 0 Å². The van der Waals surface area contributed by atoms with Crippen molar-refractivity contribution in [2.24, 2.45) is 0 Å². The lowest BCUT2D eigenvalue weighted by Gasteiger charge is -2.29. The fraction of sp³-hybridized carbons (Fsp3) is 0.353. The average Bonchev–Trinajstić information content (AvgIpc) is 2.38. The number of aliphatic hydroxyl groups excluding tert-OH is 1. The third-order valence-corrected chi connectivity index (χ3v) is 4.05. The molecule has 0 aliphatic heterocycles. The van der Waals surface area contributed by atoms with E-state index in [1.807, 2.05) is 24.4 Å². The summed E-state index contributed by atoms with van der Waals surface area (Å²) in [5, 5.41) is 10.5. The molecule has 2 heteroatoms. The van der Waals surface area contributed by atoms with Crippen molar-refractivity contribution in [1.29, 1.82) is 0 Å². The van der Waals surface area contributed by atoms with E-state index in [-0.39, 0.29) is 0 Å². The Hall–Kier alpha value is -1.67. The summed E-state index contributed by atoms with van der Waals surface area (Å²) in [7, 11) is 0. The third-order valence-electron chi connectivity index (χ3n) is 4.05. The molecule has 1 N–H and O–H groups in total. The molecule has 3 rings (SSSR count). The lowest BCUT2D eigenvalue weighted by atomic mass is 9.77. The van der Waals surface area contributed by atoms with Crippen molar-refractivity contribution in [2.75, 3.05) is 0 Å². The van der Waals surface area contributed by atoms with Gasteiger partial charge in [0.1, 0.15) is 0 Å². The van der Waals surface area contributed by atoms with E-state index in [1.54, 1.807) is 6.20 Å². The molecule has 0 radical (unpaired) electrons. The molecule has 0 spiro atoms. The van der Waals surface area contributed by atoms with Crippen LogP contribution in [0.15, 0.2) is 48.8 Å². The summed E-state index contributed by atoms with van der Waals surface area (Å²) < 4.78 is 0. The van der Waals surface area contributed by atoms with Crippen molar-refractivity contribution < 1.29 is 5.11 Å². The molecule has 1 aromatic heterocycles. The van der Waals surface area contributed by atoms with Gasteiger partial charge in [0.2, 0.25) is 0 Å². The van der Waals surface area contributed by atoms with Gasteiger partial charge in [0, 0.05) is 18.8 Å². The molecular weight excluding hydrogens is 234 g/mol. The second-order valence-electron chi connectivity index (χ2n) is 5.34. The highest BCUT2D eigenvalue weighted by Crippen LogP contribution is 2.39. The molecule has 1 atom stereocenters. The van der Waals surface area contributed by atoms with Crippen LogP contribution in [0.1, 0.15) is 48.0 Å². The maximum atomic E-state index is 10.5. The summed E-state index contributed by atoms with van der Waals surface area (Å²) in [6.45, 7) is 0. The Balaban J connectivity index is 1.81. The first-order valence-corrected chi connectivity index (χ1v) is 7.00. The van der Waals surface area contributed by atoms with Crippen LogP contribution in [0.4, 0.5) is 0 Å².